The summed E-state index contributed by atoms with van der Waals surface area (Å²) >= 11 is 0. The minimum absolute atomic E-state index is 0.0246. The van der Waals surface area contributed by atoms with E-state index in [1.165, 1.54) is 0 Å². The van der Waals surface area contributed by atoms with Crippen molar-refractivity contribution in [2.24, 2.45) is 0 Å². The molecule has 1 amide bonds. The standard InChI is InChI=1S/C22H16N4O2/c27-21(24-26-14-23-17-9-3-6-12-20(17)26)13-25-18-10-4-1-7-15(18)22(28)16-8-2-5-11-19(16)25/h1-12,14H,13H2,(H,24,27). The van der Waals surface area contributed by atoms with E-state index in [9.17, 15) is 9.59 Å². The normalized spacial score (nSPS) is 11.3. The summed E-state index contributed by atoms with van der Waals surface area (Å²) in [7, 11) is 0. The molecule has 0 spiro atoms. The van der Waals surface area contributed by atoms with Crippen molar-refractivity contribution in [1.82, 2.24) is 14.2 Å². The van der Waals surface area contributed by atoms with E-state index in [0.717, 1.165) is 22.1 Å². The van der Waals surface area contributed by atoms with Crippen molar-refractivity contribution in [1.29, 1.82) is 0 Å². The van der Waals surface area contributed by atoms with Gasteiger partial charge < -0.3 is 4.57 Å². The maximum atomic E-state index is 12.8. The zero-order chi connectivity index (χ0) is 19.1. The van der Waals surface area contributed by atoms with Crippen molar-refractivity contribution in [3.63, 3.8) is 0 Å². The van der Waals surface area contributed by atoms with E-state index in [-0.39, 0.29) is 17.9 Å². The third-order valence-corrected chi connectivity index (χ3v) is 4.88. The Morgan fingerprint density at radius 2 is 1.39 bits per heavy atom. The van der Waals surface area contributed by atoms with Crippen molar-refractivity contribution < 1.29 is 4.79 Å². The second kappa shape index (κ2) is 6.35. The van der Waals surface area contributed by atoms with Crippen LogP contribution >= 0.6 is 0 Å². The van der Waals surface area contributed by atoms with E-state index >= 15 is 0 Å². The van der Waals surface area contributed by atoms with Crippen LogP contribution in [-0.4, -0.2) is 20.1 Å². The number of fused-ring (bicyclic) bond motifs is 3. The summed E-state index contributed by atoms with van der Waals surface area (Å²) in [6, 6.07) is 22.3. The summed E-state index contributed by atoms with van der Waals surface area (Å²) in [6.45, 7) is 0.0772. The third kappa shape index (κ3) is 2.54. The first-order valence-corrected chi connectivity index (χ1v) is 8.94. The Morgan fingerprint density at radius 3 is 2.07 bits per heavy atom. The molecule has 6 nitrogen and oxygen atoms in total. The van der Waals surface area contributed by atoms with Gasteiger partial charge in [-0.1, -0.05) is 36.4 Å². The zero-order valence-electron chi connectivity index (χ0n) is 14.9. The second-order valence-corrected chi connectivity index (χ2v) is 6.59. The van der Waals surface area contributed by atoms with Gasteiger partial charge in [-0.25, -0.2) is 9.66 Å². The number of carbonyl (C=O) groups is 1. The molecule has 0 atom stereocenters. The van der Waals surface area contributed by atoms with Crippen molar-refractivity contribution in [2.45, 2.75) is 6.54 Å². The zero-order valence-corrected chi connectivity index (χ0v) is 14.9. The molecule has 0 aliphatic carbocycles. The van der Waals surface area contributed by atoms with E-state index < -0.39 is 0 Å². The van der Waals surface area contributed by atoms with Gasteiger partial charge in [-0.05, 0) is 36.4 Å². The van der Waals surface area contributed by atoms with Gasteiger partial charge in [0.05, 0.1) is 22.1 Å². The smallest absolute Gasteiger partial charge is 0.258 e. The van der Waals surface area contributed by atoms with E-state index in [4.69, 9.17) is 0 Å². The minimum Gasteiger partial charge on any atom is -0.331 e. The fraction of sp³-hybridized carbons (Fsp3) is 0.0455. The van der Waals surface area contributed by atoms with Gasteiger partial charge in [-0.2, -0.15) is 0 Å². The van der Waals surface area contributed by atoms with Crippen molar-refractivity contribution in [3.8, 4) is 0 Å². The summed E-state index contributed by atoms with van der Waals surface area (Å²) in [6.07, 6.45) is 1.59. The number of rotatable bonds is 3. The molecule has 0 bridgehead atoms. The predicted molar refractivity (Wildman–Crippen MR) is 110 cm³/mol. The average Bonchev–Trinajstić information content (AvgIpc) is 3.14. The van der Waals surface area contributed by atoms with Crippen LogP contribution in [0, 0.1) is 0 Å². The number of pyridine rings is 1. The van der Waals surface area contributed by atoms with Gasteiger partial charge in [0.25, 0.3) is 5.91 Å². The number of para-hydroxylation sites is 4. The molecule has 0 unspecified atom stereocenters. The predicted octanol–water partition coefficient (Wildman–Crippen LogP) is 3.27. The quantitative estimate of drug-likeness (QED) is 0.497. The number of aromatic nitrogens is 3. The first-order valence-electron chi connectivity index (χ1n) is 8.94. The summed E-state index contributed by atoms with van der Waals surface area (Å²) in [5, 5.41) is 1.20. The first-order chi connectivity index (χ1) is 13.7. The van der Waals surface area contributed by atoms with Gasteiger partial charge in [-0.15, -0.1) is 0 Å². The highest BCUT2D eigenvalue weighted by Gasteiger charge is 2.13. The summed E-state index contributed by atoms with van der Waals surface area (Å²) in [4.78, 5) is 29.9. The topological polar surface area (TPSA) is 68.9 Å². The van der Waals surface area contributed by atoms with Crippen LogP contribution in [0.15, 0.2) is 83.9 Å². The highest BCUT2D eigenvalue weighted by molar-refractivity contribution is 5.96. The van der Waals surface area contributed by atoms with Crippen LogP contribution in [0.2, 0.25) is 0 Å². The van der Waals surface area contributed by atoms with Crippen molar-refractivity contribution in [2.75, 3.05) is 5.43 Å². The molecule has 3 aromatic carbocycles. The van der Waals surface area contributed by atoms with Crippen LogP contribution in [-0.2, 0) is 11.3 Å². The van der Waals surface area contributed by atoms with Crippen LogP contribution in [0.5, 0.6) is 0 Å². The molecule has 6 heteroatoms. The lowest BCUT2D eigenvalue weighted by Gasteiger charge is -2.15. The second-order valence-electron chi connectivity index (χ2n) is 6.59. The molecule has 2 heterocycles. The Morgan fingerprint density at radius 1 is 0.821 bits per heavy atom. The number of hydrogen-bond acceptors (Lipinski definition) is 3. The molecular weight excluding hydrogens is 352 g/mol. The molecule has 2 aromatic heterocycles. The van der Waals surface area contributed by atoms with Gasteiger partial charge in [0.15, 0.2) is 5.43 Å². The van der Waals surface area contributed by atoms with Gasteiger partial charge in [0.2, 0.25) is 0 Å². The van der Waals surface area contributed by atoms with Gasteiger partial charge in [-0.3, -0.25) is 15.0 Å². The molecule has 0 aliphatic rings. The molecule has 0 fully saturated rings. The summed E-state index contributed by atoms with van der Waals surface area (Å²) < 4.78 is 3.49. The van der Waals surface area contributed by atoms with Crippen LogP contribution < -0.4 is 10.9 Å². The maximum Gasteiger partial charge on any atom is 0.258 e. The van der Waals surface area contributed by atoms with Crippen LogP contribution in [0.25, 0.3) is 32.8 Å². The molecule has 0 aliphatic heterocycles. The molecule has 136 valence electrons. The Kier molecular flexibility index (Phi) is 3.69. The molecule has 0 radical (unpaired) electrons. The van der Waals surface area contributed by atoms with Crippen molar-refractivity contribution >= 4 is 38.7 Å². The molecular formula is C22H16N4O2. The lowest BCUT2D eigenvalue weighted by atomic mass is 10.1. The Hall–Kier alpha value is -3.93. The number of carbonyl (C=O) groups excluding carboxylic acids is 1. The minimum atomic E-state index is -0.206. The molecule has 1 N–H and O–H groups in total. The Bertz CT molecular complexity index is 1350. The molecule has 0 saturated carbocycles. The molecule has 0 saturated heterocycles. The van der Waals surface area contributed by atoms with Crippen LogP contribution in [0.1, 0.15) is 0 Å². The summed E-state index contributed by atoms with van der Waals surface area (Å²) in [5.41, 5.74) is 5.95. The molecule has 28 heavy (non-hydrogen) atoms. The monoisotopic (exact) mass is 368 g/mol. The van der Waals surface area contributed by atoms with E-state index in [0.29, 0.717) is 10.8 Å². The van der Waals surface area contributed by atoms with Gasteiger partial charge in [0.1, 0.15) is 12.9 Å². The largest absolute Gasteiger partial charge is 0.331 e. The first kappa shape index (κ1) is 16.3. The Labute approximate surface area is 159 Å². The highest BCUT2D eigenvalue weighted by Crippen LogP contribution is 2.19. The number of imidazole rings is 1. The number of nitrogens with one attached hydrogen (secondary N) is 1. The fourth-order valence-electron chi connectivity index (χ4n) is 3.61. The highest BCUT2D eigenvalue weighted by atomic mass is 16.2. The Balaban J connectivity index is 1.60. The number of amides is 1. The lowest BCUT2D eigenvalue weighted by Crippen LogP contribution is -2.27. The van der Waals surface area contributed by atoms with Gasteiger partial charge in [0, 0.05) is 10.8 Å². The van der Waals surface area contributed by atoms with E-state index in [1.807, 2.05) is 65.2 Å². The van der Waals surface area contributed by atoms with E-state index in [2.05, 4.69) is 10.4 Å². The average molecular weight is 368 g/mol. The lowest BCUT2D eigenvalue weighted by molar-refractivity contribution is -0.117. The van der Waals surface area contributed by atoms with Crippen LogP contribution in [0.3, 0.4) is 0 Å². The van der Waals surface area contributed by atoms with E-state index in [1.54, 1.807) is 23.1 Å². The number of benzene rings is 3. The maximum absolute atomic E-state index is 12.8. The molecule has 5 rings (SSSR count). The molecule has 5 aromatic rings. The van der Waals surface area contributed by atoms with Gasteiger partial charge >= 0.3 is 0 Å². The summed E-state index contributed by atoms with van der Waals surface area (Å²) in [5.74, 6) is -0.206. The van der Waals surface area contributed by atoms with Crippen LogP contribution in [0.4, 0.5) is 0 Å². The fourth-order valence-corrected chi connectivity index (χ4v) is 3.61. The number of nitrogens with zero attached hydrogens (tertiary/aromatic N) is 3. The van der Waals surface area contributed by atoms with Crippen molar-refractivity contribution in [3.05, 3.63) is 89.3 Å². The third-order valence-electron chi connectivity index (χ3n) is 4.88. The number of hydrogen-bond donors (Lipinski definition) is 1. The SMILES string of the molecule is O=C(Cn1c2ccccc2c(=O)c2ccccc21)Nn1cnc2ccccc21.